The van der Waals surface area contributed by atoms with Gasteiger partial charge in [0, 0.05) is 41.9 Å². The maximum Gasteiger partial charge on any atom is 0.226 e. The van der Waals surface area contributed by atoms with Crippen molar-refractivity contribution in [1.82, 2.24) is 19.8 Å². The van der Waals surface area contributed by atoms with Crippen molar-refractivity contribution in [2.45, 2.75) is 39.3 Å². The van der Waals surface area contributed by atoms with Crippen molar-refractivity contribution in [3.8, 4) is 5.69 Å². The minimum Gasteiger partial charge on any atom is -0.352 e. The summed E-state index contributed by atoms with van der Waals surface area (Å²) in [5.74, 6) is -0.0422. The minimum atomic E-state index is -0.128. The maximum atomic E-state index is 12.8. The van der Waals surface area contributed by atoms with Gasteiger partial charge in [0.15, 0.2) is 5.11 Å². The van der Waals surface area contributed by atoms with Crippen molar-refractivity contribution >= 4 is 28.9 Å². The van der Waals surface area contributed by atoms with E-state index in [1.54, 1.807) is 0 Å². The van der Waals surface area contributed by atoms with E-state index in [1.165, 1.54) is 16.8 Å². The highest BCUT2D eigenvalue weighted by Crippen LogP contribution is 2.41. The fourth-order valence-corrected chi connectivity index (χ4v) is 5.56. The van der Waals surface area contributed by atoms with Gasteiger partial charge >= 0.3 is 0 Å². The molecule has 0 aliphatic carbocycles. The Hall–Kier alpha value is -3.97. The molecule has 2 atom stereocenters. The van der Waals surface area contributed by atoms with E-state index in [0.717, 1.165) is 22.8 Å². The van der Waals surface area contributed by atoms with E-state index in [-0.39, 0.29) is 18.0 Å². The average Bonchev–Trinajstić information content (AvgIpc) is 3.38. The first-order chi connectivity index (χ1) is 17.9. The molecule has 0 unspecified atom stereocenters. The second-order valence-corrected chi connectivity index (χ2v) is 9.82. The molecule has 7 heteroatoms. The Kier molecular flexibility index (Phi) is 7.06. The zero-order valence-corrected chi connectivity index (χ0v) is 22.1. The van der Waals surface area contributed by atoms with Gasteiger partial charge in [-0.15, -0.1) is 0 Å². The first-order valence-electron chi connectivity index (χ1n) is 12.5. The van der Waals surface area contributed by atoms with Crippen LogP contribution in [0.5, 0.6) is 0 Å². The first-order valence-corrected chi connectivity index (χ1v) is 12.9. The lowest BCUT2D eigenvalue weighted by Gasteiger charge is -2.28. The number of benzene rings is 2. The number of thiocarbonyl (C=S) groups is 1. The number of rotatable bonds is 7. The van der Waals surface area contributed by atoms with Crippen LogP contribution < -0.4 is 10.6 Å². The molecule has 2 aromatic carbocycles. The number of nitrogens with one attached hydrogen (secondary N) is 2. The van der Waals surface area contributed by atoms with Gasteiger partial charge in [-0.2, -0.15) is 0 Å². The average molecular weight is 510 g/mol. The van der Waals surface area contributed by atoms with Crippen LogP contribution in [0.1, 0.15) is 46.7 Å². The summed E-state index contributed by atoms with van der Waals surface area (Å²) in [5.41, 5.74) is 7.58. The molecule has 4 aromatic rings. The molecule has 1 amide bonds. The second-order valence-electron chi connectivity index (χ2n) is 9.43. The highest BCUT2D eigenvalue weighted by atomic mass is 32.1. The quantitative estimate of drug-likeness (QED) is 0.309. The third-order valence-electron chi connectivity index (χ3n) is 6.98. The molecule has 37 heavy (non-hydrogen) atoms. The van der Waals surface area contributed by atoms with Crippen molar-refractivity contribution in [2.24, 2.45) is 0 Å². The van der Waals surface area contributed by atoms with Crippen LogP contribution in [-0.4, -0.2) is 32.0 Å². The fourth-order valence-electron chi connectivity index (χ4n) is 5.22. The molecule has 2 N–H and O–H groups in total. The Morgan fingerprint density at radius 3 is 2.46 bits per heavy atom. The summed E-state index contributed by atoms with van der Waals surface area (Å²) in [6, 6.07) is 25.9. The standard InChI is InChI=1S/C30H31N5OS/c1-20-11-7-8-15-26(20)35-21(2)19-24(22(35)3)29-28(25-14-9-10-17-31-25)33-30(37)34(29)18-16-27(36)32-23-12-5-4-6-13-23/h4-15,17,19,28-29H,16,18H2,1-3H3,(H,32,36)(H,33,37)/t28-,29+/m0/s1. The molecule has 1 aliphatic rings. The van der Waals surface area contributed by atoms with Crippen LogP contribution in [0.15, 0.2) is 85.1 Å². The van der Waals surface area contributed by atoms with E-state index in [4.69, 9.17) is 12.2 Å². The first kappa shape index (κ1) is 24.7. The Labute approximate surface area is 223 Å². The van der Waals surface area contributed by atoms with Gasteiger partial charge in [0.1, 0.15) is 0 Å². The van der Waals surface area contributed by atoms with E-state index in [1.807, 2.05) is 54.7 Å². The van der Waals surface area contributed by atoms with Gasteiger partial charge in [0.25, 0.3) is 0 Å². The van der Waals surface area contributed by atoms with Gasteiger partial charge in [0.05, 0.1) is 17.8 Å². The van der Waals surface area contributed by atoms with Gasteiger partial charge < -0.3 is 20.1 Å². The topological polar surface area (TPSA) is 62.2 Å². The van der Waals surface area contributed by atoms with E-state index < -0.39 is 0 Å². The molecule has 0 bridgehead atoms. The van der Waals surface area contributed by atoms with E-state index in [2.05, 4.69) is 76.2 Å². The van der Waals surface area contributed by atoms with Crippen molar-refractivity contribution in [3.63, 3.8) is 0 Å². The smallest absolute Gasteiger partial charge is 0.226 e. The number of hydrogen-bond donors (Lipinski definition) is 2. The van der Waals surface area contributed by atoms with Gasteiger partial charge in [-0.05, 0) is 80.5 Å². The van der Waals surface area contributed by atoms with Gasteiger partial charge in [0.2, 0.25) is 5.91 Å². The molecule has 0 saturated carbocycles. The number of carbonyl (C=O) groups excluding carboxylic acids is 1. The van der Waals surface area contributed by atoms with Crippen molar-refractivity contribution < 1.29 is 4.79 Å². The van der Waals surface area contributed by atoms with Crippen LogP contribution >= 0.6 is 12.2 Å². The van der Waals surface area contributed by atoms with Crippen molar-refractivity contribution in [2.75, 3.05) is 11.9 Å². The van der Waals surface area contributed by atoms with Gasteiger partial charge in [-0.25, -0.2) is 0 Å². The molecule has 0 spiro atoms. The number of hydrogen-bond acceptors (Lipinski definition) is 3. The van der Waals surface area contributed by atoms with Gasteiger partial charge in [-0.1, -0.05) is 42.5 Å². The monoisotopic (exact) mass is 509 g/mol. The lowest BCUT2D eigenvalue weighted by Crippen LogP contribution is -2.32. The lowest BCUT2D eigenvalue weighted by atomic mass is 9.96. The molecule has 5 rings (SSSR count). The molecule has 2 aromatic heterocycles. The third-order valence-corrected chi connectivity index (χ3v) is 7.33. The molecule has 1 saturated heterocycles. The summed E-state index contributed by atoms with van der Waals surface area (Å²) in [6.07, 6.45) is 2.13. The van der Waals surface area contributed by atoms with Gasteiger partial charge in [-0.3, -0.25) is 9.78 Å². The van der Waals surface area contributed by atoms with Crippen LogP contribution in [0.25, 0.3) is 5.69 Å². The maximum absolute atomic E-state index is 12.8. The zero-order valence-electron chi connectivity index (χ0n) is 21.3. The van der Waals surface area contributed by atoms with Crippen LogP contribution in [0.2, 0.25) is 0 Å². The highest BCUT2D eigenvalue weighted by Gasteiger charge is 2.41. The van der Waals surface area contributed by atoms with E-state index >= 15 is 0 Å². The van der Waals surface area contributed by atoms with Crippen LogP contribution in [-0.2, 0) is 4.79 Å². The molecular weight excluding hydrogens is 478 g/mol. The summed E-state index contributed by atoms with van der Waals surface area (Å²) in [6.45, 7) is 6.92. The Bertz CT molecular complexity index is 1420. The number of carbonyl (C=O) groups is 1. The van der Waals surface area contributed by atoms with E-state index in [9.17, 15) is 4.79 Å². The largest absolute Gasteiger partial charge is 0.352 e. The number of pyridine rings is 1. The van der Waals surface area contributed by atoms with Crippen LogP contribution in [0.3, 0.4) is 0 Å². The number of aromatic nitrogens is 2. The van der Waals surface area contributed by atoms with Crippen LogP contribution in [0.4, 0.5) is 5.69 Å². The summed E-state index contributed by atoms with van der Waals surface area (Å²) < 4.78 is 2.31. The summed E-state index contributed by atoms with van der Waals surface area (Å²) in [5, 5.41) is 7.12. The SMILES string of the molecule is Cc1ccccc1-n1c(C)cc([C@@H]2[C@H](c3ccccn3)NC(=S)N2CCC(=O)Nc2ccccc2)c1C. The van der Waals surface area contributed by atoms with Crippen LogP contribution in [0, 0.1) is 20.8 Å². The third kappa shape index (κ3) is 5.00. The summed E-state index contributed by atoms with van der Waals surface area (Å²) >= 11 is 5.82. The molecule has 1 aliphatic heterocycles. The fraction of sp³-hybridized carbons (Fsp3) is 0.233. The number of nitrogens with zero attached hydrogens (tertiary/aromatic N) is 3. The lowest BCUT2D eigenvalue weighted by molar-refractivity contribution is -0.116. The summed E-state index contributed by atoms with van der Waals surface area (Å²) in [7, 11) is 0. The normalized spacial score (nSPS) is 17.1. The summed E-state index contributed by atoms with van der Waals surface area (Å²) in [4.78, 5) is 19.6. The molecule has 188 valence electrons. The molecule has 3 heterocycles. The molecule has 1 fully saturated rings. The minimum absolute atomic E-state index is 0.0422. The Morgan fingerprint density at radius 1 is 1.00 bits per heavy atom. The number of para-hydroxylation sites is 2. The number of anilines is 1. The predicted octanol–water partition coefficient (Wildman–Crippen LogP) is 5.80. The Balaban J connectivity index is 1.49. The molecule has 6 nitrogen and oxygen atoms in total. The van der Waals surface area contributed by atoms with E-state index in [0.29, 0.717) is 18.1 Å². The van der Waals surface area contributed by atoms with Crippen molar-refractivity contribution in [1.29, 1.82) is 0 Å². The molecule has 0 radical (unpaired) electrons. The number of amides is 1. The molecular formula is C30H31N5OS. The zero-order chi connectivity index (χ0) is 25.9. The Morgan fingerprint density at radius 2 is 1.73 bits per heavy atom. The second kappa shape index (κ2) is 10.6. The number of aryl methyl sites for hydroxylation is 2. The van der Waals surface area contributed by atoms with Crippen molar-refractivity contribution in [3.05, 3.63) is 113 Å². The highest BCUT2D eigenvalue weighted by molar-refractivity contribution is 7.80. The predicted molar refractivity (Wildman–Crippen MR) is 152 cm³/mol.